The molecule has 1 fully saturated rings. The van der Waals surface area contributed by atoms with Gasteiger partial charge in [0.15, 0.2) is 0 Å². The Morgan fingerprint density at radius 3 is 2.47 bits per heavy atom. The van der Waals surface area contributed by atoms with Crippen LogP contribution in [0, 0.1) is 0 Å². The lowest BCUT2D eigenvalue weighted by Gasteiger charge is -2.31. The van der Waals surface area contributed by atoms with Gasteiger partial charge in [0.1, 0.15) is 15.4 Å². The van der Waals surface area contributed by atoms with Crippen LogP contribution in [0.1, 0.15) is 26.2 Å². The van der Waals surface area contributed by atoms with E-state index in [9.17, 15) is 18.0 Å². The van der Waals surface area contributed by atoms with Crippen LogP contribution >= 0.6 is 0 Å². The summed E-state index contributed by atoms with van der Waals surface area (Å²) in [5, 5.41) is 9.11. The summed E-state index contributed by atoms with van der Waals surface area (Å²) >= 11 is 0. The van der Waals surface area contributed by atoms with E-state index < -0.39 is 27.3 Å². The van der Waals surface area contributed by atoms with Gasteiger partial charge in [0.25, 0.3) is 0 Å². The maximum Gasteiger partial charge on any atom is 0.329 e. The van der Waals surface area contributed by atoms with Crippen molar-refractivity contribution in [3.05, 3.63) is 0 Å². The third kappa shape index (κ3) is 3.18. The van der Waals surface area contributed by atoms with E-state index in [-0.39, 0.29) is 12.2 Å². The number of amides is 1. The van der Waals surface area contributed by atoms with Crippen molar-refractivity contribution < 1.29 is 23.1 Å². The number of likely N-dealkylation sites (tertiary alicyclic amines) is 1. The average Bonchev–Trinajstić information content (AvgIpc) is 2.57. The molecule has 0 saturated carbocycles. The van der Waals surface area contributed by atoms with Crippen LogP contribution in [-0.4, -0.2) is 54.4 Å². The smallest absolute Gasteiger partial charge is 0.329 e. The molecule has 1 aliphatic heterocycles. The van der Waals surface area contributed by atoms with Crippen molar-refractivity contribution in [2.75, 3.05) is 18.6 Å². The summed E-state index contributed by atoms with van der Waals surface area (Å²) in [6.07, 6.45) is 1.95. The third-order valence-electron chi connectivity index (χ3n) is 3.09. The molecule has 0 bridgehead atoms. The first-order valence-electron chi connectivity index (χ1n) is 5.38. The molecule has 0 radical (unpaired) electrons. The minimum Gasteiger partial charge on any atom is -0.480 e. The molecule has 1 heterocycles. The van der Waals surface area contributed by atoms with Gasteiger partial charge in [-0.1, -0.05) is 0 Å². The number of sulfone groups is 1. The van der Waals surface area contributed by atoms with Crippen molar-refractivity contribution in [3.8, 4) is 0 Å². The molecule has 98 valence electrons. The number of hydrogen-bond acceptors (Lipinski definition) is 4. The SMILES string of the molecule is CC1(C(=O)O)CCCN1C(=O)CCS(C)(=O)=O. The van der Waals surface area contributed by atoms with E-state index in [2.05, 4.69) is 0 Å². The van der Waals surface area contributed by atoms with Crippen LogP contribution in [0.2, 0.25) is 0 Å². The molecule has 6 nitrogen and oxygen atoms in total. The van der Waals surface area contributed by atoms with Crippen molar-refractivity contribution in [3.63, 3.8) is 0 Å². The quantitative estimate of drug-likeness (QED) is 0.764. The molecular formula is C10H17NO5S. The standard InChI is InChI=1S/C10H17NO5S/c1-10(9(13)14)5-3-6-11(10)8(12)4-7-17(2,15)16/h3-7H2,1-2H3,(H,13,14). The Hall–Kier alpha value is -1.11. The summed E-state index contributed by atoms with van der Waals surface area (Å²) in [6, 6.07) is 0. The number of aliphatic carboxylic acids is 1. The summed E-state index contributed by atoms with van der Waals surface area (Å²) in [6.45, 7) is 1.88. The Balaban J connectivity index is 2.73. The maximum absolute atomic E-state index is 11.8. The van der Waals surface area contributed by atoms with Gasteiger partial charge in [0.2, 0.25) is 5.91 Å². The van der Waals surface area contributed by atoms with E-state index in [1.54, 1.807) is 0 Å². The van der Waals surface area contributed by atoms with Gasteiger partial charge >= 0.3 is 5.97 Å². The summed E-state index contributed by atoms with van der Waals surface area (Å²) in [5.41, 5.74) is -1.19. The third-order valence-corrected chi connectivity index (χ3v) is 4.04. The summed E-state index contributed by atoms with van der Waals surface area (Å²) in [7, 11) is -3.20. The van der Waals surface area contributed by atoms with Gasteiger partial charge in [0, 0.05) is 19.2 Å². The fourth-order valence-corrected chi connectivity index (χ4v) is 2.54. The van der Waals surface area contributed by atoms with Crippen molar-refractivity contribution in [2.45, 2.75) is 31.7 Å². The van der Waals surface area contributed by atoms with Crippen LogP contribution in [-0.2, 0) is 19.4 Å². The molecule has 1 saturated heterocycles. The lowest BCUT2D eigenvalue weighted by molar-refractivity contribution is -0.155. The first-order chi connectivity index (χ1) is 7.67. The molecule has 0 aromatic rings. The number of carboxylic acids is 1. The molecule has 1 N–H and O–H groups in total. The Morgan fingerprint density at radius 2 is 2.00 bits per heavy atom. The van der Waals surface area contributed by atoms with Crippen LogP contribution < -0.4 is 0 Å². The molecule has 7 heteroatoms. The molecular weight excluding hydrogens is 246 g/mol. The molecule has 1 aliphatic rings. The molecule has 0 aliphatic carbocycles. The molecule has 1 rings (SSSR count). The second-order valence-electron chi connectivity index (χ2n) is 4.61. The van der Waals surface area contributed by atoms with Crippen molar-refractivity contribution in [1.29, 1.82) is 0 Å². The minimum absolute atomic E-state index is 0.151. The number of carbonyl (C=O) groups excluding carboxylic acids is 1. The molecule has 1 amide bonds. The first kappa shape index (κ1) is 14.0. The van der Waals surface area contributed by atoms with Gasteiger partial charge in [-0.2, -0.15) is 0 Å². The second-order valence-corrected chi connectivity index (χ2v) is 6.87. The second kappa shape index (κ2) is 4.64. The predicted molar refractivity (Wildman–Crippen MR) is 61.3 cm³/mol. The van der Waals surface area contributed by atoms with Gasteiger partial charge in [-0.15, -0.1) is 0 Å². The number of rotatable bonds is 4. The molecule has 1 unspecified atom stereocenters. The van der Waals surface area contributed by atoms with Crippen molar-refractivity contribution in [1.82, 2.24) is 4.90 Å². The van der Waals surface area contributed by atoms with Crippen LogP contribution in [0.4, 0.5) is 0 Å². The van der Waals surface area contributed by atoms with Gasteiger partial charge < -0.3 is 10.0 Å². The highest BCUT2D eigenvalue weighted by atomic mass is 32.2. The average molecular weight is 263 g/mol. The van der Waals surface area contributed by atoms with E-state index in [1.165, 1.54) is 11.8 Å². The highest BCUT2D eigenvalue weighted by Crippen LogP contribution is 2.29. The zero-order valence-corrected chi connectivity index (χ0v) is 10.8. The first-order valence-corrected chi connectivity index (χ1v) is 7.44. The van der Waals surface area contributed by atoms with Crippen LogP contribution in [0.25, 0.3) is 0 Å². The fourth-order valence-electron chi connectivity index (χ4n) is 1.99. The van der Waals surface area contributed by atoms with E-state index in [0.29, 0.717) is 19.4 Å². The van der Waals surface area contributed by atoms with Crippen LogP contribution in [0.3, 0.4) is 0 Å². The molecule has 0 aromatic carbocycles. The zero-order valence-electron chi connectivity index (χ0n) is 9.97. The van der Waals surface area contributed by atoms with Gasteiger partial charge in [-0.05, 0) is 19.8 Å². The lowest BCUT2D eigenvalue weighted by atomic mass is 9.99. The molecule has 0 aromatic heterocycles. The Labute approximate surface area is 101 Å². The number of carbonyl (C=O) groups is 2. The Bertz CT molecular complexity index is 430. The van der Waals surface area contributed by atoms with Crippen LogP contribution in [0.5, 0.6) is 0 Å². The van der Waals surface area contributed by atoms with Gasteiger partial charge in [-0.25, -0.2) is 13.2 Å². The monoisotopic (exact) mass is 263 g/mol. The van der Waals surface area contributed by atoms with E-state index >= 15 is 0 Å². The topological polar surface area (TPSA) is 91.8 Å². The fraction of sp³-hybridized carbons (Fsp3) is 0.800. The van der Waals surface area contributed by atoms with Crippen LogP contribution in [0.15, 0.2) is 0 Å². The zero-order chi connectivity index (χ0) is 13.3. The maximum atomic E-state index is 11.8. The van der Waals surface area contributed by atoms with E-state index in [4.69, 9.17) is 5.11 Å². The molecule has 1 atom stereocenters. The predicted octanol–water partition coefficient (Wildman–Crippen LogP) is -0.113. The minimum atomic E-state index is -3.20. The number of nitrogens with zero attached hydrogens (tertiary/aromatic N) is 1. The van der Waals surface area contributed by atoms with Crippen molar-refractivity contribution >= 4 is 21.7 Å². The summed E-state index contributed by atoms with van der Waals surface area (Å²) in [5.74, 6) is -1.68. The number of hydrogen-bond donors (Lipinski definition) is 1. The summed E-state index contributed by atoms with van der Waals surface area (Å²) in [4.78, 5) is 24.2. The summed E-state index contributed by atoms with van der Waals surface area (Å²) < 4.78 is 21.9. The molecule has 17 heavy (non-hydrogen) atoms. The molecule has 0 spiro atoms. The van der Waals surface area contributed by atoms with E-state index in [1.807, 2.05) is 0 Å². The van der Waals surface area contributed by atoms with E-state index in [0.717, 1.165) is 6.26 Å². The van der Waals surface area contributed by atoms with Gasteiger partial charge in [-0.3, -0.25) is 4.79 Å². The normalized spacial score (nSPS) is 24.9. The number of carboxylic acid groups (broad SMARTS) is 1. The highest BCUT2D eigenvalue weighted by Gasteiger charge is 2.45. The lowest BCUT2D eigenvalue weighted by Crippen LogP contribution is -2.51. The Morgan fingerprint density at radius 1 is 1.41 bits per heavy atom. The van der Waals surface area contributed by atoms with Gasteiger partial charge in [0.05, 0.1) is 5.75 Å². The van der Waals surface area contributed by atoms with Crippen molar-refractivity contribution in [2.24, 2.45) is 0 Å². The largest absolute Gasteiger partial charge is 0.480 e. The Kier molecular flexibility index (Phi) is 3.81. The highest BCUT2D eigenvalue weighted by molar-refractivity contribution is 7.90.